The van der Waals surface area contributed by atoms with Crippen molar-refractivity contribution in [3.05, 3.63) is 81.8 Å². The molecule has 1 unspecified atom stereocenters. The Morgan fingerprint density at radius 3 is 2.58 bits per heavy atom. The summed E-state index contributed by atoms with van der Waals surface area (Å²) in [4.78, 5) is 37.1. The van der Waals surface area contributed by atoms with Gasteiger partial charge in [-0.2, -0.15) is 0 Å². The van der Waals surface area contributed by atoms with Gasteiger partial charge in [-0.3, -0.25) is 18.8 Å². The van der Waals surface area contributed by atoms with Gasteiger partial charge in [0.25, 0.3) is 5.56 Å². The van der Waals surface area contributed by atoms with E-state index in [1.807, 2.05) is 67.1 Å². The number of rotatable bonds is 3. The maximum atomic E-state index is 13.6. The van der Waals surface area contributed by atoms with Crippen molar-refractivity contribution >= 4 is 28.9 Å². The molecule has 31 heavy (non-hydrogen) atoms. The van der Waals surface area contributed by atoms with Crippen LogP contribution in [0.25, 0.3) is 11.0 Å². The number of nitrogens with zero attached hydrogens (tertiary/aromatic N) is 5. The fourth-order valence-electron chi connectivity index (χ4n) is 4.15. The third-order valence-corrected chi connectivity index (χ3v) is 5.60. The van der Waals surface area contributed by atoms with Crippen LogP contribution in [-0.4, -0.2) is 38.7 Å². The highest BCUT2D eigenvalue weighted by atomic mass is 16.5. The molecule has 0 aliphatic carbocycles. The molecule has 3 heterocycles. The Balaban J connectivity index is 1.88. The molecular formula is C23H21N5O3. The number of ether oxygens (including phenoxy) is 1. The monoisotopic (exact) mass is 415 g/mol. The molecule has 0 saturated carbocycles. The molecule has 8 nitrogen and oxygen atoms in total. The van der Waals surface area contributed by atoms with Gasteiger partial charge in [0.2, 0.25) is 11.9 Å². The van der Waals surface area contributed by atoms with Gasteiger partial charge in [-0.05, 0) is 37.1 Å². The summed E-state index contributed by atoms with van der Waals surface area (Å²) in [6.07, 6.45) is 0.736. The summed E-state index contributed by atoms with van der Waals surface area (Å²) in [6, 6.07) is 15.7. The van der Waals surface area contributed by atoms with E-state index in [2.05, 4.69) is 4.98 Å². The molecule has 4 aromatic rings. The van der Waals surface area contributed by atoms with E-state index in [9.17, 15) is 9.59 Å². The number of imidazole rings is 1. The number of aryl methyl sites for hydroxylation is 1. The van der Waals surface area contributed by atoms with Crippen LogP contribution in [0.3, 0.4) is 0 Å². The van der Waals surface area contributed by atoms with E-state index in [0.29, 0.717) is 11.9 Å². The predicted molar refractivity (Wildman–Crippen MR) is 117 cm³/mol. The molecule has 0 bridgehead atoms. The molecular weight excluding hydrogens is 394 g/mol. The van der Waals surface area contributed by atoms with E-state index in [1.54, 1.807) is 16.4 Å². The molecule has 1 aliphatic rings. The molecule has 8 heteroatoms. The van der Waals surface area contributed by atoms with Gasteiger partial charge in [0, 0.05) is 7.05 Å². The van der Waals surface area contributed by atoms with Gasteiger partial charge in [-0.25, -0.2) is 14.8 Å². The molecule has 1 atom stereocenters. The second kappa shape index (κ2) is 7.09. The number of carbonyl (C=O) groups is 1. The first-order valence-corrected chi connectivity index (χ1v) is 10.1. The predicted octanol–water partition coefficient (Wildman–Crippen LogP) is 3.25. The van der Waals surface area contributed by atoms with E-state index in [1.165, 1.54) is 6.20 Å². The van der Waals surface area contributed by atoms with Crippen LogP contribution in [0.1, 0.15) is 34.6 Å². The summed E-state index contributed by atoms with van der Waals surface area (Å²) in [5.74, 6) is 0.405. The lowest BCUT2D eigenvalue weighted by Crippen LogP contribution is -2.42. The van der Waals surface area contributed by atoms with Crippen molar-refractivity contribution in [2.45, 2.75) is 20.0 Å². The average molecular weight is 415 g/mol. The Hall–Kier alpha value is -3.94. The molecule has 0 radical (unpaired) electrons. The Bertz CT molecular complexity index is 1390. The number of esters is 1. The molecule has 2 aromatic heterocycles. The van der Waals surface area contributed by atoms with E-state index >= 15 is 0 Å². The van der Waals surface area contributed by atoms with Crippen LogP contribution in [0.5, 0.6) is 0 Å². The lowest BCUT2D eigenvalue weighted by atomic mass is 10.0. The standard InChI is InChI=1S/C23H21N5O3/c1-4-31-21(30)16-13-24-22-26(3)23-25-17-11-7-8-12-18(17)27(23)19(28(22)20(16)29)15-10-6-5-9-14(15)2/h5-13,19H,4H2,1-3H3. The minimum Gasteiger partial charge on any atom is -0.462 e. The summed E-state index contributed by atoms with van der Waals surface area (Å²) in [7, 11) is 1.81. The Kier molecular flexibility index (Phi) is 4.35. The highest BCUT2D eigenvalue weighted by Crippen LogP contribution is 2.39. The van der Waals surface area contributed by atoms with Gasteiger partial charge in [-0.15, -0.1) is 0 Å². The normalized spacial score (nSPS) is 14.9. The van der Waals surface area contributed by atoms with Crippen LogP contribution < -0.4 is 10.5 Å². The van der Waals surface area contributed by atoms with Crippen molar-refractivity contribution in [2.75, 3.05) is 18.6 Å². The Morgan fingerprint density at radius 2 is 1.81 bits per heavy atom. The van der Waals surface area contributed by atoms with Gasteiger partial charge in [0.1, 0.15) is 11.7 Å². The van der Waals surface area contributed by atoms with Crippen LogP contribution in [-0.2, 0) is 4.74 Å². The Labute approximate surface area is 178 Å². The van der Waals surface area contributed by atoms with Crippen LogP contribution in [0.4, 0.5) is 11.9 Å². The van der Waals surface area contributed by atoms with Crippen LogP contribution >= 0.6 is 0 Å². The van der Waals surface area contributed by atoms with Gasteiger partial charge >= 0.3 is 5.97 Å². The highest BCUT2D eigenvalue weighted by Gasteiger charge is 2.36. The smallest absolute Gasteiger partial charge is 0.345 e. The molecule has 2 aromatic carbocycles. The zero-order chi connectivity index (χ0) is 21.7. The molecule has 156 valence electrons. The summed E-state index contributed by atoms with van der Waals surface area (Å²) in [5.41, 5.74) is 3.09. The summed E-state index contributed by atoms with van der Waals surface area (Å²) >= 11 is 0. The highest BCUT2D eigenvalue weighted by molar-refractivity contribution is 5.89. The van der Waals surface area contributed by atoms with E-state index in [0.717, 1.165) is 22.2 Å². The summed E-state index contributed by atoms with van der Waals surface area (Å²) in [5, 5.41) is 0. The number of carbonyl (C=O) groups excluding carboxylic acids is 1. The first kappa shape index (κ1) is 19.0. The largest absolute Gasteiger partial charge is 0.462 e. The van der Waals surface area contributed by atoms with Crippen molar-refractivity contribution in [2.24, 2.45) is 0 Å². The van der Waals surface area contributed by atoms with Gasteiger partial charge < -0.3 is 4.74 Å². The number of hydrogen-bond acceptors (Lipinski definition) is 6. The maximum absolute atomic E-state index is 13.6. The minimum absolute atomic E-state index is 0.0922. The van der Waals surface area contributed by atoms with E-state index in [-0.39, 0.29) is 12.2 Å². The van der Waals surface area contributed by atoms with Gasteiger partial charge in [-0.1, -0.05) is 36.4 Å². The van der Waals surface area contributed by atoms with Gasteiger partial charge in [0.15, 0.2) is 0 Å². The molecule has 0 N–H and O–H groups in total. The van der Waals surface area contributed by atoms with Crippen molar-refractivity contribution < 1.29 is 9.53 Å². The minimum atomic E-state index is -0.678. The first-order chi connectivity index (χ1) is 15.0. The maximum Gasteiger partial charge on any atom is 0.345 e. The van der Waals surface area contributed by atoms with Crippen LogP contribution in [0, 0.1) is 6.92 Å². The van der Waals surface area contributed by atoms with Gasteiger partial charge in [0.05, 0.1) is 23.8 Å². The topological polar surface area (TPSA) is 82.2 Å². The summed E-state index contributed by atoms with van der Waals surface area (Å²) in [6.45, 7) is 3.88. The fraction of sp³-hybridized carbons (Fsp3) is 0.217. The Morgan fingerprint density at radius 1 is 1.06 bits per heavy atom. The van der Waals surface area contributed by atoms with Crippen LogP contribution in [0.2, 0.25) is 0 Å². The average Bonchev–Trinajstić information content (AvgIpc) is 3.15. The first-order valence-electron chi connectivity index (χ1n) is 10.1. The number of para-hydroxylation sites is 2. The lowest BCUT2D eigenvalue weighted by molar-refractivity contribution is 0.0522. The zero-order valence-electron chi connectivity index (χ0n) is 17.4. The molecule has 5 rings (SSSR count). The SMILES string of the molecule is CCOC(=O)c1cnc2n(c1=O)C(c1ccccc1C)n1c(nc3ccccc31)N2C. The molecule has 0 saturated heterocycles. The van der Waals surface area contributed by atoms with Crippen molar-refractivity contribution in [1.82, 2.24) is 19.1 Å². The zero-order valence-corrected chi connectivity index (χ0v) is 17.4. The third kappa shape index (κ3) is 2.75. The van der Waals surface area contributed by atoms with E-state index in [4.69, 9.17) is 9.72 Å². The second-order valence-corrected chi connectivity index (χ2v) is 7.43. The number of aromatic nitrogens is 4. The lowest BCUT2D eigenvalue weighted by Gasteiger charge is -2.35. The summed E-state index contributed by atoms with van der Waals surface area (Å²) < 4.78 is 8.66. The van der Waals surface area contributed by atoms with Crippen molar-refractivity contribution in [1.29, 1.82) is 0 Å². The number of benzene rings is 2. The molecule has 0 fully saturated rings. The van der Waals surface area contributed by atoms with Crippen molar-refractivity contribution in [3.63, 3.8) is 0 Å². The fourth-order valence-corrected chi connectivity index (χ4v) is 4.15. The molecule has 0 spiro atoms. The molecule has 1 aliphatic heterocycles. The van der Waals surface area contributed by atoms with Crippen molar-refractivity contribution in [3.8, 4) is 0 Å². The molecule has 0 amide bonds. The van der Waals surface area contributed by atoms with E-state index < -0.39 is 17.7 Å². The number of fused-ring (bicyclic) bond motifs is 4. The van der Waals surface area contributed by atoms with Crippen LogP contribution in [0.15, 0.2) is 59.5 Å². The second-order valence-electron chi connectivity index (χ2n) is 7.43. The number of anilines is 2. The third-order valence-electron chi connectivity index (χ3n) is 5.60. The number of hydrogen-bond donors (Lipinski definition) is 0. The quantitative estimate of drug-likeness (QED) is 0.478.